The maximum absolute atomic E-state index is 12.7. The van der Waals surface area contributed by atoms with Crippen LogP contribution in [-0.2, 0) is 13.1 Å². The Morgan fingerprint density at radius 2 is 1.91 bits per heavy atom. The maximum atomic E-state index is 12.7. The van der Waals surface area contributed by atoms with Gasteiger partial charge in [0.25, 0.3) is 11.8 Å². The van der Waals surface area contributed by atoms with Crippen LogP contribution in [0.4, 0.5) is 0 Å². The van der Waals surface area contributed by atoms with Crippen LogP contribution in [-0.4, -0.2) is 16.4 Å². The molecule has 0 atom stereocenters. The summed E-state index contributed by atoms with van der Waals surface area (Å²) < 4.78 is 7.18. The monoisotopic (exact) mass is 499 g/mol. The number of aromatic nitrogens is 1. The van der Waals surface area contributed by atoms with E-state index in [1.54, 1.807) is 36.6 Å². The zero-order chi connectivity index (χ0) is 23.4. The van der Waals surface area contributed by atoms with Gasteiger partial charge in [0.05, 0.1) is 29.4 Å². The summed E-state index contributed by atoms with van der Waals surface area (Å²) in [7, 11) is 0. The van der Waals surface area contributed by atoms with Crippen molar-refractivity contribution in [3.63, 3.8) is 0 Å². The van der Waals surface area contributed by atoms with Crippen LogP contribution < -0.4 is 10.1 Å². The maximum Gasteiger partial charge on any atom is 0.279 e. The molecule has 0 saturated carbocycles. The number of hydrogen-bond donors (Lipinski definition) is 1. The minimum absolute atomic E-state index is 0.194. The summed E-state index contributed by atoms with van der Waals surface area (Å²) >= 11 is 13.3. The highest BCUT2D eigenvalue weighted by Crippen LogP contribution is 2.23. The molecular weight excluding hydrogens is 481 g/mol. The van der Waals surface area contributed by atoms with Crippen LogP contribution in [0.15, 0.2) is 75.7 Å². The summed E-state index contributed by atoms with van der Waals surface area (Å²) in [4.78, 5) is 30.0. The highest BCUT2D eigenvalue weighted by molar-refractivity contribution is 7.07. The molecule has 2 heterocycles. The van der Waals surface area contributed by atoms with Gasteiger partial charge in [-0.2, -0.15) is 4.99 Å². The van der Waals surface area contributed by atoms with Gasteiger partial charge < -0.3 is 14.3 Å². The normalized spacial score (nSPS) is 11.5. The van der Waals surface area contributed by atoms with E-state index in [9.17, 15) is 9.59 Å². The third-order valence-corrected chi connectivity index (χ3v) is 6.61. The highest BCUT2D eigenvalue weighted by Gasteiger charge is 2.11. The van der Waals surface area contributed by atoms with Crippen molar-refractivity contribution in [3.8, 4) is 0 Å². The lowest BCUT2D eigenvalue weighted by Gasteiger charge is -2.09. The quantitative estimate of drug-likeness (QED) is 0.381. The molecule has 33 heavy (non-hydrogen) atoms. The van der Waals surface area contributed by atoms with Gasteiger partial charge >= 0.3 is 0 Å². The van der Waals surface area contributed by atoms with E-state index < -0.39 is 5.91 Å². The Morgan fingerprint density at radius 3 is 2.67 bits per heavy atom. The molecule has 168 valence electrons. The summed E-state index contributed by atoms with van der Waals surface area (Å²) in [5, 5.41) is 5.45. The van der Waals surface area contributed by atoms with Crippen LogP contribution in [0.1, 0.15) is 37.7 Å². The van der Waals surface area contributed by atoms with Crippen molar-refractivity contribution in [1.82, 2.24) is 9.88 Å². The van der Waals surface area contributed by atoms with E-state index in [0.29, 0.717) is 44.8 Å². The molecule has 0 radical (unpaired) electrons. The Hall–Kier alpha value is -3.13. The molecule has 2 amide bonds. The third-order valence-electron chi connectivity index (χ3n) is 4.89. The first-order chi connectivity index (χ1) is 15.9. The van der Waals surface area contributed by atoms with Crippen LogP contribution in [0.5, 0.6) is 0 Å². The van der Waals surface area contributed by atoms with Crippen molar-refractivity contribution in [2.45, 2.75) is 20.0 Å². The van der Waals surface area contributed by atoms with E-state index in [4.69, 9.17) is 27.6 Å². The van der Waals surface area contributed by atoms with Crippen LogP contribution in [0, 0.1) is 6.92 Å². The Balaban J connectivity index is 1.54. The van der Waals surface area contributed by atoms with Gasteiger partial charge in [-0.15, -0.1) is 11.3 Å². The number of benzene rings is 2. The zero-order valence-electron chi connectivity index (χ0n) is 17.5. The van der Waals surface area contributed by atoms with Crippen LogP contribution in [0.25, 0.3) is 0 Å². The molecule has 0 fully saturated rings. The number of furan rings is 1. The molecular formula is C24H19Cl2N3O3S. The van der Waals surface area contributed by atoms with Gasteiger partial charge in [0.1, 0.15) is 5.76 Å². The number of halogens is 2. The van der Waals surface area contributed by atoms with Gasteiger partial charge in [-0.05, 0) is 55.0 Å². The lowest BCUT2D eigenvalue weighted by molar-refractivity contribution is 0.0946. The average molecular weight is 500 g/mol. The summed E-state index contributed by atoms with van der Waals surface area (Å²) in [5.74, 6) is 0.0806. The number of carbonyl (C=O) groups is 2. The van der Waals surface area contributed by atoms with E-state index in [1.165, 1.54) is 17.4 Å². The van der Waals surface area contributed by atoms with Gasteiger partial charge in [-0.25, -0.2) is 0 Å². The molecule has 4 aromatic rings. The van der Waals surface area contributed by atoms with Crippen LogP contribution in [0.2, 0.25) is 10.0 Å². The van der Waals surface area contributed by atoms with E-state index in [1.807, 2.05) is 35.1 Å². The Kier molecular flexibility index (Phi) is 7.13. The van der Waals surface area contributed by atoms with Crippen molar-refractivity contribution >= 4 is 46.4 Å². The summed E-state index contributed by atoms with van der Waals surface area (Å²) in [6.45, 7) is 2.72. The third kappa shape index (κ3) is 5.63. The Morgan fingerprint density at radius 1 is 1.06 bits per heavy atom. The number of rotatable bonds is 6. The van der Waals surface area contributed by atoms with Crippen LogP contribution in [0.3, 0.4) is 0 Å². The fraction of sp³-hybridized carbons (Fsp3) is 0.125. The molecule has 2 aromatic carbocycles. The van der Waals surface area contributed by atoms with Crippen molar-refractivity contribution in [1.29, 1.82) is 0 Å². The van der Waals surface area contributed by atoms with Crippen LogP contribution >= 0.6 is 34.5 Å². The number of amides is 2. The highest BCUT2D eigenvalue weighted by atomic mass is 35.5. The second kappa shape index (κ2) is 10.2. The van der Waals surface area contributed by atoms with Gasteiger partial charge in [-0.3, -0.25) is 9.59 Å². The first-order valence-electron chi connectivity index (χ1n) is 9.99. The fourth-order valence-corrected chi connectivity index (χ4v) is 4.32. The van der Waals surface area contributed by atoms with Crippen molar-refractivity contribution in [2.75, 3.05) is 0 Å². The minimum atomic E-state index is -0.407. The first-order valence-corrected chi connectivity index (χ1v) is 11.6. The van der Waals surface area contributed by atoms with E-state index in [2.05, 4.69) is 10.3 Å². The smallest absolute Gasteiger partial charge is 0.279 e. The first kappa shape index (κ1) is 23.0. The molecule has 2 aromatic heterocycles. The largest absolute Gasteiger partial charge is 0.467 e. The molecule has 0 bridgehead atoms. The number of thiazole rings is 1. The summed E-state index contributed by atoms with van der Waals surface area (Å²) in [6.07, 6.45) is 1.57. The summed E-state index contributed by atoms with van der Waals surface area (Å²) in [5.41, 5.74) is 2.76. The molecule has 0 aliphatic carbocycles. The number of hydrogen-bond acceptors (Lipinski definition) is 4. The number of nitrogens with one attached hydrogen (secondary N) is 1. The van der Waals surface area contributed by atoms with Gasteiger partial charge in [-0.1, -0.05) is 35.3 Å². The predicted octanol–water partition coefficient (Wildman–Crippen LogP) is 5.48. The van der Waals surface area contributed by atoms with Gasteiger partial charge in [0, 0.05) is 22.2 Å². The Bertz CT molecular complexity index is 1370. The zero-order valence-corrected chi connectivity index (χ0v) is 19.9. The molecule has 6 nitrogen and oxygen atoms in total. The van der Waals surface area contributed by atoms with Gasteiger partial charge in [0.15, 0.2) is 4.80 Å². The molecule has 0 aliphatic rings. The number of carbonyl (C=O) groups excluding carboxylic acids is 2. The fourth-order valence-electron chi connectivity index (χ4n) is 3.15. The Labute approximate surface area is 204 Å². The predicted molar refractivity (Wildman–Crippen MR) is 129 cm³/mol. The molecule has 1 N–H and O–H groups in total. The van der Waals surface area contributed by atoms with E-state index >= 15 is 0 Å². The molecule has 9 heteroatoms. The van der Waals surface area contributed by atoms with Crippen molar-refractivity contribution in [2.24, 2.45) is 4.99 Å². The molecule has 0 spiro atoms. The van der Waals surface area contributed by atoms with Gasteiger partial charge in [0.2, 0.25) is 0 Å². The van der Waals surface area contributed by atoms with E-state index in [-0.39, 0.29) is 5.91 Å². The second-order valence-electron chi connectivity index (χ2n) is 7.25. The molecule has 4 rings (SSSR count). The molecule has 0 saturated heterocycles. The number of nitrogens with zero attached hydrogens (tertiary/aromatic N) is 2. The van der Waals surface area contributed by atoms with Crippen molar-refractivity contribution < 1.29 is 14.0 Å². The lowest BCUT2D eigenvalue weighted by atomic mass is 10.1. The average Bonchev–Trinajstić information content (AvgIpc) is 3.45. The SMILES string of the molecule is Cc1csc(=NC(=O)c2ccc(Cl)c(Cl)c2)n1Cc1cccc(C(=O)NCc2ccco2)c1. The molecule has 0 unspecified atom stereocenters. The number of aryl methyl sites for hydroxylation is 1. The van der Waals surface area contributed by atoms with E-state index in [0.717, 1.165) is 11.3 Å². The lowest BCUT2D eigenvalue weighted by Crippen LogP contribution is -2.23. The molecule has 0 aliphatic heterocycles. The summed E-state index contributed by atoms with van der Waals surface area (Å²) in [6, 6.07) is 15.6. The standard InChI is InChI=1S/C24H19Cl2N3O3S/c1-15-14-33-24(28-23(31)18-7-8-20(25)21(26)11-18)29(15)13-16-4-2-5-17(10-16)22(30)27-12-19-6-3-9-32-19/h2-11,14H,12-13H2,1H3,(H,27,30). The topological polar surface area (TPSA) is 76.6 Å². The second-order valence-corrected chi connectivity index (χ2v) is 8.91. The minimum Gasteiger partial charge on any atom is -0.467 e. The van der Waals surface area contributed by atoms with Crippen molar-refractivity contribution in [3.05, 3.63) is 109 Å².